The van der Waals surface area contributed by atoms with Gasteiger partial charge in [-0.15, -0.1) is 0 Å². The monoisotopic (exact) mass is 375 g/mol. The molecule has 0 spiro atoms. The van der Waals surface area contributed by atoms with Crippen molar-refractivity contribution in [3.63, 3.8) is 0 Å². The lowest BCUT2D eigenvalue weighted by Crippen LogP contribution is -2.32. The summed E-state index contributed by atoms with van der Waals surface area (Å²) in [7, 11) is 2.00. The summed E-state index contributed by atoms with van der Waals surface area (Å²) in [6, 6.07) is 1.95. The highest BCUT2D eigenvalue weighted by Crippen LogP contribution is 2.36. The maximum absolute atomic E-state index is 6.31. The Labute approximate surface area is 154 Å². The van der Waals surface area contributed by atoms with Crippen LogP contribution in [0.5, 0.6) is 0 Å². The van der Waals surface area contributed by atoms with Gasteiger partial charge in [-0.3, -0.25) is 4.68 Å². The zero-order valence-electron chi connectivity index (χ0n) is 14.0. The van der Waals surface area contributed by atoms with E-state index < -0.39 is 0 Å². The molecule has 3 aromatic heterocycles. The van der Waals surface area contributed by atoms with E-state index in [1.165, 1.54) is 24.4 Å². The van der Waals surface area contributed by atoms with E-state index in [0.29, 0.717) is 16.7 Å². The minimum atomic E-state index is 0.190. The molecule has 4 rings (SSSR count). The normalized spacial score (nSPS) is 15.3. The zero-order chi connectivity index (χ0) is 17.4. The second kappa shape index (κ2) is 6.36. The van der Waals surface area contributed by atoms with Gasteiger partial charge in [-0.25, -0.2) is 9.97 Å². The Hall–Kier alpha value is -2.03. The van der Waals surface area contributed by atoms with Crippen LogP contribution >= 0.6 is 23.1 Å². The summed E-state index contributed by atoms with van der Waals surface area (Å²) in [5, 5.41) is 12.4. The Morgan fingerprint density at radius 2 is 2.20 bits per heavy atom. The third-order valence-corrected chi connectivity index (χ3v) is 5.43. The van der Waals surface area contributed by atoms with Crippen molar-refractivity contribution >= 4 is 34.1 Å². The van der Waals surface area contributed by atoms with Crippen LogP contribution in [0.3, 0.4) is 0 Å². The Morgan fingerprint density at radius 3 is 2.88 bits per heavy atom. The number of nitrogens with zero attached hydrogens (tertiary/aromatic N) is 5. The number of anilines is 2. The van der Waals surface area contributed by atoms with E-state index in [-0.39, 0.29) is 5.54 Å². The fraction of sp³-hybridized carbons (Fsp3) is 0.375. The summed E-state index contributed by atoms with van der Waals surface area (Å²) in [4.78, 5) is 8.79. The van der Waals surface area contributed by atoms with Crippen LogP contribution in [0.25, 0.3) is 11.3 Å². The number of hydrogen-bond acceptors (Lipinski definition) is 7. The molecule has 3 heterocycles. The molecular formula is C16H18ClN7S. The van der Waals surface area contributed by atoms with Crippen LogP contribution in [0, 0.1) is 6.92 Å². The average molecular weight is 376 g/mol. The topological polar surface area (TPSA) is 80.5 Å². The van der Waals surface area contributed by atoms with Crippen molar-refractivity contribution in [2.75, 3.05) is 12.4 Å². The van der Waals surface area contributed by atoms with E-state index in [0.717, 1.165) is 22.8 Å². The smallest absolute Gasteiger partial charge is 0.228 e. The number of hydrogen-bond donors (Lipinski definition) is 2. The lowest BCUT2D eigenvalue weighted by atomic mass is 10.2. The molecule has 1 saturated carbocycles. The molecule has 0 saturated heterocycles. The molecule has 0 aromatic carbocycles. The van der Waals surface area contributed by atoms with Crippen LogP contribution in [0.2, 0.25) is 5.02 Å². The number of aryl methyl sites for hydroxylation is 1. The van der Waals surface area contributed by atoms with E-state index in [4.69, 9.17) is 11.6 Å². The maximum Gasteiger partial charge on any atom is 0.228 e. The fourth-order valence-corrected chi connectivity index (χ4v) is 3.54. The molecule has 1 aliphatic rings. The Balaban J connectivity index is 1.57. The highest BCUT2D eigenvalue weighted by molar-refractivity contribution is 7.10. The number of halogens is 1. The van der Waals surface area contributed by atoms with Crippen LogP contribution in [0.4, 0.5) is 10.9 Å². The van der Waals surface area contributed by atoms with Gasteiger partial charge in [0.15, 0.2) is 0 Å². The quantitative estimate of drug-likeness (QED) is 0.688. The summed E-state index contributed by atoms with van der Waals surface area (Å²) in [6.45, 7) is 2.79. The number of aromatic nitrogens is 5. The van der Waals surface area contributed by atoms with Gasteiger partial charge >= 0.3 is 0 Å². The van der Waals surface area contributed by atoms with Crippen LogP contribution in [0.15, 0.2) is 24.7 Å². The standard InChI is InChI=1S/C16H18ClN7S/c1-10-5-13(25-23-10)21-15-19-7-12(17)14(22-15)11-6-20-24(8-11)9-16(18-2)3-4-16/h5-8,18H,3-4,9H2,1-2H3,(H,19,21,22). The number of rotatable bonds is 6. The summed E-state index contributed by atoms with van der Waals surface area (Å²) in [5.41, 5.74) is 2.69. The molecule has 0 atom stereocenters. The molecule has 1 fully saturated rings. The Morgan fingerprint density at radius 1 is 1.36 bits per heavy atom. The van der Waals surface area contributed by atoms with E-state index in [2.05, 4.69) is 30.1 Å². The first-order chi connectivity index (χ1) is 12.1. The summed E-state index contributed by atoms with van der Waals surface area (Å²) < 4.78 is 6.18. The minimum absolute atomic E-state index is 0.190. The van der Waals surface area contributed by atoms with E-state index in [1.54, 1.807) is 12.4 Å². The molecule has 25 heavy (non-hydrogen) atoms. The van der Waals surface area contributed by atoms with Gasteiger partial charge < -0.3 is 10.6 Å². The van der Waals surface area contributed by atoms with Crippen molar-refractivity contribution in [1.82, 2.24) is 29.4 Å². The van der Waals surface area contributed by atoms with Crippen molar-refractivity contribution in [2.24, 2.45) is 0 Å². The average Bonchev–Trinajstić information content (AvgIpc) is 3.01. The van der Waals surface area contributed by atoms with E-state index in [1.807, 2.05) is 30.9 Å². The van der Waals surface area contributed by atoms with Crippen LogP contribution < -0.4 is 10.6 Å². The van der Waals surface area contributed by atoms with Gasteiger partial charge in [0.05, 0.1) is 35.3 Å². The summed E-state index contributed by atoms with van der Waals surface area (Å²) >= 11 is 7.68. The second-order valence-electron chi connectivity index (χ2n) is 6.30. The SMILES string of the molecule is CNC1(Cn2cc(-c3nc(Nc4cc(C)ns4)ncc3Cl)cn2)CC1. The molecule has 7 nitrogen and oxygen atoms in total. The molecule has 0 amide bonds. The van der Waals surface area contributed by atoms with Gasteiger partial charge in [0, 0.05) is 17.3 Å². The third-order valence-electron chi connectivity index (χ3n) is 4.36. The van der Waals surface area contributed by atoms with Crippen LogP contribution in [-0.4, -0.2) is 36.7 Å². The van der Waals surface area contributed by atoms with Gasteiger partial charge in [0.2, 0.25) is 5.95 Å². The van der Waals surface area contributed by atoms with Crippen molar-refractivity contribution in [1.29, 1.82) is 0 Å². The summed E-state index contributed by atoms with van der Waals surface area (Å²) in [6.07, 6.45) is 7.73. The Kier molecular flexibility index (Phi) is 4.18. The second-order valence-corrected chi connectivity index (χ2v) is 7.52. The predicted molar refractivity (Wildman–Crippen MR) is 99.4 cm³/mol. The Bertz CT molecular complexity index is 900. The number of likely N-dealkylation sites (N-methyl/N-ethyl adjacent to an activating group) is 1. The van der Waals surface area contributed by atoms with Crippen LogP contribution in [-0.2, 0) is 6.54 Å². The molecule has 3 aromatic rings. The molecule has 0 unspecified atom stereocenters. The van der Waals surface area contributed by atoms with Gasteiger partial charge in [-0.1, -0.05) is 11.6 Å². The highest BCUT2D eigenvalue weighted by atomic mass is 35.5. The van der Waals surface area contributed by atoms with Crippen molar-refractivity contribution in [3.05, 3.63) is 35.4 Å². The third kappa shape index (κ3) is 3.51. The van der Waals surface area contributed by atoms with Gasteiger partial charge in [0.1, 0.15) is 5.00 Å². The molecule has 0 aliphatic heterocycles. The molecule has 0 bridgehead atoms. The van der Waals surface area contributed by atoms with Crippen molar-refractivity contribution in [3.8, 4) is 11.3 Å². The first-order valence-corrected chi connectivity index (χ1v) is 9.17. The molecule has 9 heteroatoms. The van der Waals surface area contributed by atoms with Gasteiger partial charge in [-0.2, -0.15) is 9.47 Å². The largest absolute Gasteiger partial charge is 0.314 e. The summed E-state index contributed by atoms with van der Waals surface area (Å²) in [5.74, 6) is 0.490. The van der Waals surface area contributed by atoms with Crippen molar-refractivity contribution < 1.29 is 0 Å². The zero-order valence-corrected chi connectivity index (χ0v) is 15.5. The molecule has 1 aliphatic carbocycles. The first-order valence-electron chi connectivity index (χ1n) is 8.01. The molecule has 2 N–H and O–H groups in total. The lowest BCUT2D eigenvalue weighted by molar-refractivity contribution is 0.438. The molecular weight excluding hydrogens is 358 g/mol. The lowest BCUT2D eigenvalue weighted by Gasteiger charge is -2.13. The molecule has 130 valence electrons. The number of nitrogens with one attached hydrogen (secondary N) is 2. The minimum Gasteiger partial charge on any atom is -0.314 e. The highest BCUT2D eigenvalue weighted by Gasteiger charge is 2.41. The van der Waals surface area contributed by atoms with Gasteiger partial charge in [-0.05, 0) is 44.4 Å². The predicted octanol–water partition coefficient (Wildman–Crippen LogP) is 3.25. The molecule has 0 radical (unpaired) electrons. The maximum atomic E-state index is 6.31. The van der Waals surface area contributed by atoms with Crippen molar-refractivity contribution in [2.45, 2.75) is 31.8 Å². The fourth-order valence-electron chi connectivity index (χ4n) is 2.68. The van der Waals surface area contributed by atoms with Crippen LogP contribution in [0.1, 0.15) is 18.5 Å². The van der Waals surface area contributed by atoms with Gasteiger partial charge in [0.25, 0.3) is 0 Å². The van der Waals surface area contributed by atoms with E-state index in [9.17, 15) is 0 Å². The first kappa shape index (κ1) is 16.4. The van der Waals surface area contributed by atoms with E-state index >= 15 is 0 Å².